The molecule has 2 aromatic rings. The van der Waals surface area contributed by atoms with Crippen LogP contribution in [0.4, 0.5) is 0 Å². The van der Waals surface area contributed by atoms with Gasteiger partial charge in [0, 0.05) is 6.42 Å². The number of aryl methyl sites for hydroxylation is 2. The predicted octanol–water partition coefficient (Wildman–Crippen LogP) is 2.80. The molecule has 0 saturated heterocycles. The number of nitrogens with one attached hydrogen (secondary N) is 1. The van der Waals surface area contributed by atoms with Crippen LogP contribution >= 0.6 is 22.9 Å². The summed E-state index contributed by atoms with van der Waals surface area (Å²) in [4.78, 5) is 1.08. The zero-order valence-electron chi connectivity index (χ0n) is 12.2. The highest BCUT2D eigenvalue weighted by atomic mass is 32.1. The smallest absolute Gasteiger partial charge is 0.161 e. The molecule has 0 atom stereocenters. The maximum absolute atomic E-state index is 4.27. The molecule has 2 heterocycles. The summed E-state index contributed by atoms with van der Waals surface area (Å²) in [5.74, 6) is 0.703. The summed E-state index contributed by atoms with van der Waals surface area (Å²) in [6.07, 6.45) is 2.97. The fraction of sp³-hybridized carbons (Fsp3) is 0.692. The van der Waals surface area contributed by atoms with E-state index in [1.54, 1.807) is 11.3 Å². The summed E-state index contributed by atoms with van der Waals surface area (Å²) < 4.78 is 4.00. The zero-order chi connectivity index (χ0) is 14.4. The summed E-state index contributed by atoms with van der Waals surface area (Å²) in [5, 5.41) is 18.2. The van der Waals surface area contributed by atoms with Gasteiger partial charge >= 0.3 is 0 Å². The Labute approximate surface area is 128 Å². The van der Waals surface area contributed by atoms with Crippen LogP contribution in [0.1, 0.15) is 37.9 Å². The first-order chi connectivity index (χ1) is 9.70. The van der Waals surface area contributed by atoms with Crippen molar-refractivity contribution in [3.8, 4) is 9.88 Å². The van der Waals surface area contributed by atoms with E-state index >= 15 is 0 Å². The second-order valence-electron chi connectivity index (χ2n) is 5.10. The molecule has 0 bridgehead atoms. The van der Waals surface area contributed by atoms with Gasteiger partial charge in [0.2, 0.25) is 0 Å². The van der Waals surface area contributed by atoms with Crippen molar-refractivity contribution in [1.29, 1.82) is 0 Å². The first-order valence-electron chi connectivity index (χ1n) is 7.05. The Bertz CT molecular complexity index is 520. The second-order valence-corrected chi connectivity index (χ2v) is 6.92. The van der Waals surface area contributed by atoms with Gasteiger partial charge in [0.25, 0.3) is 0 Å². The Hall–Kier alpha value is -0.920. The fourth-order valence-electron chi connectivity index (χ4n) is 1.80. The normalized spacial score (nSPS) is 11.4. The van der Waals surface area contributed by atoms with E-state index in [9.17, 15) is 0 Å². The predicted molar refractivity (Wildman–Crippen MR) is 84.2 cm³/mol. The van der Waals surface area contributed by atoms with Crippen LogP contribution < -0.4 is 5.32 Å². The molecular formula is C13H21N5S2. The number of aromatic nitrogens is 4. The summed E-state index contributed by atoms with van der Waals surface area (Å²) in [5.41, 5.74) is 1.02. The average Bonchev–Trinajstić information content (AvgIpc) is 3.05. The van der Waals surface area contributed by atoms with Gasteiger partial charge in [0.15, 0.2) is 5.01 Å². The van der Waals surface area contributed by atoms with E-state index in [1.165, 1.54) is 11.5 Å². The Morgan fingerprint density at radius 3 is 2.80 bits per heavy atom. The molecule has 0 aliphatic heterocycles. The maximum Gasteiger partial charge on any atom is 0.161 e. The molecule has 0 radical (unpaired) electrons. The SMILES string of the molecule is CCc1nnsc1-c1nnc(CCCNCC(C)C)s1. The molecule has 0 amide bonds. The van der Waals surface area contributed by atoms with Crippen molar-refractivity contribution in [1.82, 2.24) is 25.1 Å². The molecule has 5 nitrogen and oxygen atoms in total. The van der Waals surface area contributed by atoms with Crippen molar-refractivity contribution >= 4 is 22.9 Å². The highest BCUT2D eigenvalue weighted by Gasteiger charge is 2.13. The van der Waals surface area contributed by atoms with E-state index in [-0.39, 0.29) is 0 Å². The van der Waals surface area contributed by atoms with Crippen molar-refractivity contribution in [2.24, 2.45) is 5.92 Å². The summed E-state index contributed by atoms with van der Waals surface area (Å²) in [6.45, 7) is 8.64. The van der Waals surface area contributed by atoms with Crippen LogP contribution in [0.2, 0.25) is 0 Å². The third kappa shape index (κ3) is 4.29. The average molecular weight is 311 g/mol. The second kappa shape index (κ2) is 7.75. The highest BCUT2D eigenvalue weighted by molar-refractivity contribution is 7.19. The van der Waals surface area contributed by atoms with E-state index in [4.69, 9.17) is 0 Å². The van der Waals surface area contributed by atoms with E-state index in [2.05, 4.69) is 45.9 Å². The number of hydrogen-bond donors (Lipinski definition) is 1. The molecular weight excluding hydrogens is 290 g/mol. The topological polar surface area (TPSA) is 63.6 Å². The lowest BCUT2D eigenvalue weighted by Gasteiger charge is -2.05. The van der Waals surface area contributed by atoms with E-state index in [1.807, 2.05) is 0 Å². The first kappa shape index (κ1) is 15.5. The van der Waals surface area contributed by atoms with Crippen LogP contribution in [0, 0.1) is 5.92 Å². The molecule has 1 N–H and O–H groups in total. The molecule has 0 spiro atoms. The van der Waals surface area contributed by atoms with E-state index < -0.39 is 0 Å². The van der Waals surface area contributed by atoms with Crippen LogP contribution in [0.25, 0.3) is 9.88 Å². The third-order valence-electron chi connectivity index (χ3n) is 2.85. The molecule has 0 saturated carbocycles. The zero-order valence-corrected chi connectivity index (χ0v) is 13.9. The lowest BCUT2D eigenvalue weighted by molar-refractivity contribution is 0.542. The van der Waals surface area contributed by atoms with Crippen LogP contribution in [-0.4, -0.2) is 32.9 Å². The van der Waals surface area contributed by atoms with Gasteiger partial charge in [0.1, 0.15) is 9.88 Å². The molecule has 0 aliphatic carbocycles. The van der Waals surface area contributed by atoms with Gasteiger partial charge in [0.05, 0.1) is 5.69 Å². The van der Waals surface area contributed by atoms with Crippen LogP contribution in [0.15, 0.2) is 0 Å². The minimum atomic E-state index is 0.703. The molecule has 2 rings (SSSR count). The van der Waals surface area contributed by atoms with Gasteiger partial charge in [-0.15, -0.1) is 15.3 Å². The fourth-order valence-corrected chi connectivity index (χ4v) is 3.51. The molecule has 20 heavy (non-hydrogen) atoms. The van der Waals surface area contributed by atoms with E-state index in [0.717, 1.165) is 52.9 Å². The lowest BCUT2D eigenvalue weighted by atomic mass is 10.2. The number of nitrogens with zero attached hydrogens (tertiary/aromatic N) is 4. The molecule has 0 fully saturated rings. The standard InChI is InChI=1S/C13H21N5S2/c1-4-10-12(20-18-15-10)13-17-16-11(19-13)6-5-7-14-8-9(2)3/h9,14H,4-8H2,1-3H3. The van der Waals surface area contributed by atoms with Gasteiger partial charge < -0.3 is 5.32 Å². The Morgan fingerprint density at radius 1 is 1.20 bits per heavy atom. The molecule has 0 unspecified atom stereocenters. The van der Waals surface area contributed by atoms with Crippen LogP contribution in [-0.2, 0) is 12.8 Å². The maximum atomic E-state index is 4.27. The highest BCUT2D eigenvalue weighted by Crippen LogP contribution is 2.29. The first-order valence-corrected chi connectivity index (χ1v) is 8.64. The Morgan fingerprint density at radius 2 is 2.05 bits per heavy atom. The van der Waals surface area contributed by atoms with Gasteiger partial charge in [-0.2, -0.15) is 0 Å². The van der Waals surface area contributed by atoms with Gasteiger partial charge in [-0.3, -0.25) is 0 Å². The summed E-state index contributed by atoms with van der Waals surface area (Å²) >= 11 is 3.08. The minimum absolute atomic E-state index is 0.703. The van der Waals surface area contributed by atoms with Crippen molar-refractivity contribution in [2.45, 2.75) is 40.0 Å². The van der Waals surface area contributed by atoms with Crippen molar-refractivity contribution in [3.05, 3.63) is 10.7 Å². The summed E-state index contributed by atoms with van der Waals surface area (Å²) in [7, 11) is 0. The van der Waals surface area contributed by atoms with Gasteiger partial charge in [-0.25, -0.2) is 0 Å². The Kier molecular flexibility index (Phi) is 6.00. The van der Waals surface area contributed by atoms with Crippen molar-refractivity contribution in [3.63, 3.8) is 0 Å². The molecule has 7 heteroatoms. The number of hydrogen-bond acceptors (Lipinski definition) is 7. The lowest BCUT2D eigenvalue weighted by Crippen LogP contribution is -2.21. The Balaban J connectivity index is 1.83. The number of rotatable bonds is 8. The third-order valence-corrected chi connectivity index (χ3v) is 4.75. The monoisotopic (exact) mass is 311 g/mol. The van der Waals surface area contributed by atoms with Crippen LogP contribution in [0.5, 0.6) is 0 Å². The summed E-state index contributed by atoms with van der Waals surface area (Å²) in [6, 6.07) is 0. The molecule has 0 aromatic carbocycles. The van der Waals surface area contributed by atoms with Gasteiger partial charge in [-0.1, -0.05) is 36.6 Å². The molecule has 2 aromatic heterocycles. The van der Waals surface area contributed by atoms with Crippen molar-refractivity contribution in [2.75, 3.05) is 13.1 Å². The largest absolute Gasteiger partial charge is 0.316 e. The molecule has 110 valence electrons. The van der Waals surface area contributed by atoms with Crippen LogP contribution in [0.3, 0.4) is 0 Å². The quantitative estimate of drug-likeness (QED) is 0.760. The minimum Gasteiger partial charge on any atom is -0.316 e. The van der Waals surface area contributed by atoms with Gasteiger partial charge in [-0.05, 0) is 43.4 Å². The van der Waals surface area contributed by atoms with Crippen molar-refractivity contribution < 1.29 is 0 Å². The van der Waals surface area contributed by atoms with E-state index in [0.29, 0.717) is 5.92 Å². The molecule has 0 aliphatic rings.